The van der Waals surface area contributed by atoms with Gasteiger partial charge in [0.05, 0.1) is 55.9 Å². The van der Waals surface area contributed by atoms with E-state index in [1.54, 1.807) is 9.80 Å². The number of carbonyl (C=O) groups is 2. The lowest BCUT2D eigenvalue weighted by atomic mass is 10.1. The maximum atomic E-state index is 13.5. The monoisotopic (exact) mass is 506 g/mol. The number of rotatable bonds is 5. The highest BCUT2D eigenvalue weighted by Crippen LogP contribution is 2.38. The van der Waals surface area contributed by atoms with Gasteiger partial charge in [-0.3, -0.25) is 14.9 Å². The van der Waals surface area contributed by atoms with Gasteiger partial charge in [-0.15, -0.1) is 0 Å². The van der Waals surface area contributed by atoms with Crippen LogP contribution in [0.15, 0.2) is 18.6 Å². The van der Waals surface area contributed by atoms with Crippen LogP contribution in [-0.2, 0) is 28.7 Å². The molecular formula is C23H25F3N6O4. The van der Waals surface area contributed by atoms with Crippen molar-refractivity contribution in [3.63, 3.8) is 0 Å². The zero-order chi connectivity index (χ0) is 25.4. The summed E-state index contributed by atoms with van der Waals surface area (Å²) in [5.74, 6) is -0.216. The topological polar surface area (TPSA) is 110 Å². The van der Waals surface area contributed by atoms with Crippen LogP contribution in [0.25, 0.3) is 0 Å². The molecule has 2 saturated heterocycles. The molecule has 0 saturated carbocycles. The lowest BCUT2D eigenvalue weighted by Crippen LogP contribution is -2.43. The quantitative estimate of drug-likeness (QED) is 0.643. The number of Topliss-reactive ketones (excluding diaryl/α,β-unsaturated/α-hetero) is 1. The van der Waals surface area contributed by atoms with Crippen LogP contribution in [0.2, 0.25) is 0 Å². The molecule has 3 aliphatic heterocycles. The lowest BCUT2D eigenvalue weighted by Gasteiger charge is -2.31. The number of ether oxygens (including phenoxy) is 2. The lowest BCUT2D eigenvalue weighted by molar-refractivity contribution is -0.139. The summed E-state index contributed by atoms with van der Waals surface area (Å²) in [5, 5.41) is 2.94. The number of hydrogen-bond donors (Lipinski definition) is 1. The molecule has 10 nitrogen and oxygen atoms in total. The average Bonchev–Trinajstić information content (AvgIpc) is 3.52. The summed E-state index contributed by atoms with van der Waals surface area (Å²) >= 11 is 0. The van der Waals surface area contributed by atoms with Crippen LogP contribution >= 0.6 is 0 Å². The third-order valence-corrected chi connectivity index (χ3v) is 6.67. The van der Waals surface area contributed by atoms with Gasteiger partial charge in [-0.2, -0.15) is 13.2 Å². The summed E-state index contributed by atoms with van der Waals surface area (Å²) in [6, 6.07) is 0.542. The minimum Gasteiger partial charge on any atom is -0.481 e. The van der Waals surface area contributed by atoms with E-state index in [2.05, 4.69) is 20.3 Å². The molecule has 0 aromatic carbocycles. The Hall–Kier alpha value is -3.48. The van der Waals surface area contributed by atoms with E-state index >= 15 is 0 Å². The fraction of sp³-hybridized carbons (Fsp3) is 0.522. The second-order valence-corrected chi connectivity index (χ2v) is 9.01. The predicted molar refractivity (Wildman–Crippen MR) is 120 cm³/mol. The standard InChI is InChI=1S/C23H25F3N6O4/c1-35-21-17(23(24,25)26)6-13(8-28-21)31-5-3-18-16(11-31)20(30-12-29-18)36-15-2-4-32(10-15)22(34)19-7-14(33)9-27-19/h6,8,12,15,19,27H,2-5,7,9-11H2,1H3/t15-,19?/m0/s1. The Bertz CT molecular complexity index is 1180. The first kappa shape index (κ1) is 24.2. The number of pyridine rings is 1. The SMILES string of the molecule is COc1ncc(N2CCc3ncnc(O[C@H]4CCN(C(=O)C5CC(=O)CN5)C4)c3C2)cc1C(F)(F)F. The highest BCUT2D eigenvalue weighted by Gasteiger charge is 2.37. The van der Waals surface area contributed by atoms with Gasteiger partial charge in [-0.25, -0.2) is 15.0 Å². The molecule has 1 unspecified atom stereocenters. The Morgan fingerprint density at radius 1 is 1.19 bits per heavy atom. The van der Waals surface area contributed by atoms with Crippen LogP contribution in [0.5, 0.6) is 11.8 Å². The molecule has 0 radical (unpaired) electrons. The third kappa shape index (κ3) is 4.79. The molecule has 36 heavy (non-hydrogen) atoms. The molecule has 0 spiro atoms. The minimum absolute atomic E-state index is 0.0203. The smallest absolute Gasteiger partial charge is 0.421 e. The zero-order valence-electron chi connectivity index (χ0n) is 19.5. The first-order chi connectivity index (χ1) is 17.2. The molecule has 2 atom stereocenters. The minimum atomic E-state index is -4.60. The number of carbonyl (C=O) groups excluding carboxylic acids is 2. The zero-order valence-corrected chi connectivity index (χ0v) is 19.5. The summed E-state index contributed by atoms with van der Waals surface area (Å²) < 4.78 is 51.4. The molecule has 0 aliphatic carbocycles. The van der Waals surface area contributed by atoms with Crippen molar-refractivity contribution in [1.82, 2.24) is 25.2 Å². The summed E-state index contributed by atoms with van der Waals surface area (Å²) in [7, 11) is 1.15. The number of hydrogen-bond acceptors (Lipinski definition) is 9. The van der Waals surface area contributed by atoms with Gasteiger partial charge in [0.15, 0.2) is 0 Å². The molecule has 192 valence electrons. The summed E-state index contributed by atoms with van der Waals surface area (Å²) in [6.45, 7) is 1.79. The van der Waals surface area contributed by atoms with E-state index in [1.165, 1.54) is 12.5 Å². The van der Waals surface area contributed by atoms with Gasteiger partial charge < -0.3 is 19.3 Å². The van der Waals surface area contributed by atoms with Gasteiger partial charge in [0.25, 0.3) is 0 Å². The van der Waals surface area contributed by atoms with Crippen LogP contribution < -0.4 is 19.7 Å². The van der Waals surface area contributed by atoms with Gasteiger partial charge in [0, 0.05) is 32.4 Å². The number of nitrogens with one attached hydrogen (secondary N) is 1. The van der Waals surface area contributed by atoms with Crippen molar-refractivity contribution in [2.45, 2.75) is 44.1 Å². The Morgan fingerprint density at radius 2 is 2.03 bits per heavy atom. The Morgan fingerprint density at radius 3 is 2.75 bits per heavy atom. The van der Waals surface area contributed by atoms with Crippen LogP contribution in [-0.4, -0.2) is 77.0 Å². The fourth-order valence-electron chi connectivity index (χ4n) is 4.80. The largest absolute Gasteiger partial charge is 0.481 e. The number of fused-ring (bicyclic) bond motifs is 1. The molecule has 1 N–H and O–H groups in total. The van der Waals surface area contributed by atoms with Crippen LogP contribution in [0.3, 0.4) is 0 Å². The molecule has 3 aliphatic rings. The third-order valence-electron chi connectivity index (χ3n) is 6.67. The first-order valence-corrected chi connectivity index (χ1v) is 11.6. The predicted octanol–water partition coefficient (Wildman–Crippen LogP) is 1.37. The van der Waals surface area contributed by atoms with E-state index in [9.17, 15) is 22.8 Å². The second kappa shape index (κ2) is 9.52. The van der Waals surface area contributed by atoms with Crippen molar-refractivity contribution in [3.05, 3.63) is 35.4 Å². The molecule has 2 fully saturated rings. The van der Waals surface area contributed by atoms with Crippen molar-refractivity contribution in [2.75, 3.05) is 38.2 Å². The molecule has 13 heteroatoms. The Labute approximate surface area is 204 Å². The fourth-order valence-corrected chi connectivity index (χ4v) is 4.80. The molecular weight excluding hydrogens is 481 g/mol. The van der Waals surface area contributed by atoms with Gasteiger partial charge in [-0.05, 0) is 6.07 Å². The number of halogens is 3. The number of ketones is 1. The summed E-state index contributed by atoms with van der Waals surface area (Å²) in [5.41, 5.74) is 0.831. The van der Waals surface area contributed by atoms with Gasteiger partial charge in [-0.1, -0.05) is 0 Å². The Kier molecular flexibility index (Phi) is 6.41. The van der Waals surface area contributed by atoms with E-state index in [0.717, 1.165) is 18.9 Å². The van der Waals surface area contributed by atoms with Gasteiger partial charge in [0.2, 0.25) is 17.7 Å². The highest BCUT2D eigenvalue weighted by atomic mass is 19.4. The van der Waals surface area contributed by atoms with E-state index in [4.69, 9.17) is 9.47 Å². The average molecular weight is 506 g/mol. The number of anilines is 1. The number of aromatic nitrogens is 3. The van der Waals surface area contributed by atoms with Crippen molar-refractivity contribution in [2.24, 2.45) is 0 Å². The van der Waals surface area contributed by atoms with E-state index in [1.807, 2.05) is 0 Å². The van der Waals surface area contributed by atoms with Crippen molar-refractivity contribution in [3.8, 4) is 11.8 Å². The first-order valence-electron chi connectivity index (χ1n) is 11.6. The van der Waals surface area contributed by atoms with Crippen molar-refractivity contribution < 1.29 is 32.2 Å². The molecule has 5 heterocycles. The molecule has 2 aromatic heterocycles. The van der Waals surface area contributed by atoms with Crippen LogP contribution in [0.4, 0.5) is 18.9 Å². The van der Waals surface area contributed by atoms with Gasteiger partial charge in [0.1, 0.15) is 23.8 Å². The van der Waals surface area contributed by atoms with Crippen LogP contribution in [0, 0.1) is 0 Å². The molecule has 5 rings (SSSR count). The van der Waals surface area contributed by atoms with E-state index in [-0.39, 0.29) is 37.3 Å². The normalized spacial score (nSPS) is 22.1. The molecule has 2 aromatic rings. The number of methoxy groups -OCH3 is 1. The van der Waals surface area contributed by atoms with Crippen molar-refractivity contribution in [1.29, 1.82) is 0 Å². The Balaban J connectivity index is 1.30. The maximum absolute atomic E-state index is 13.5. The van der Waals surface area contributed by atoms with E-state index < -0.39 is 23.7 Å². The summed E-state index contributed by atoms with van der Waals surface area (Å²) in [4.78, 5) is 40.1. The number of alkyl halides is 3. The number of likely N-dealkylation sites (tertiary alicyclic amines) is 1. The van der Waals surface area contributed by atoms with Crippen LogP contribution in [0.1, 0.15) is 29.7 Å². The molecule has 1 amide bonds. The molecule has 0 bridgehead atoms. The second-order valence-electron chi connectivity index (χ2n) is 9.01. The maximum Gasteiger partial charge on any atom is 0.421 e. The number of amides is 1. The van der Waals surface area contributed by atoms with Gasteiger partial charge >= 0.3 is 6.18 Å². The highest BCUT2D eigenvalue weighted by molar-refractivity contribution is 5.93. The van der Waals surface area contributed by atoms with E-state index in [0.29, 0.717) is 49.6 Å². The summed E-state index contributed by atoms with van der Waals surface area (Å²) in [6.07, 6.45) is -0.832. The van der Waals surface area contributed by atoms with Crippen molar-refractivity contribution >= 4 is 17.4 Å². The number of nitrogens with zero attached hydrogens (tertiary/aromatic N) is 5.